The molecule has 1 unspecified atom stereocenters. The largest absolute Gasteiger partial charge is 0.495 e. The minimum atomic E-state index is -1.22. The van der Waals surface area contributed by atoms with Gasteiger partial charge in [0.05, 0.1) is 17.7 Å². The lowest BCUT2D eigenvalue weighted by Crippen LogP contribution is -2.30. The van der Waals surface area contributed by atoms with Crippen molar-refractivity contribution in [3.63, 3.8) is 0 Å². The maximum atomic E-state index is 12.3. The highest BCUT2D eigenvalue weighted by Crippen LogP contribution is 2.29. The number of amides is 2. The van der Waals surface area contributed by atoms with Crippen LogP contribution in [-0.4, -0.2) is 40.9 Å². The van der Waals surface area contributed by atoms with Crippen molar-refractivity contribution in [1.82, 2.24) is 4.98 Å². The number of thiazole rings is 1. The number of hydrogen-bond donors (Lipinski definition) is 2. The minimum absolute atomic E-state index is 0.0613. The molecule has 0 radical (unpaired) electrons. The Morgan fingerprint density at radius 1 is 1.29 bits per heavy atom. The Bertz CT molecular complexity index is 927. The summed E-state index contributed by atoms with van der Waals surface area (Å²) in [6.45, 7) is 2.63. The van der Waals surface area contributed by atoms with Crippen LogP contribution in [0.2, 0.25) is 0 Å². The lowest BCUT2D eigenvalue weighted by Gasteiger charge is -2.14. The van der Waals surface area contributed by atoms with Gasteiger partial charge >= 0.3 is 5.97 Å². The quantitative estimate of drug-likeness (QED) is 0.402. The van der Waals surface area contributed by atoms with Gasteiger partial charge in [0.1, 0.15) is 5.75 Å². The average Bonchev–Trinajstić information content (AvgIpc) is 3.09. The lowest BCUT2D eigenvalue weighted by atomic mass is 10.2. The van der Waals surface area contributed by atoms with Crippen molar-refractivity contribution in [2.75, 3.05) is 17.7 Å². The van der Waals surface area contributed by atoms with Gasteiger partial charge in [-0.15, -0.1) is 11.3 Å². The predicted molar refractivity (Wildman–Crippen MR) is 99.6 cm³/mol. The van der Waals surface area contributed by atoms with Gasteiger partial charge in [-0.25, -0.2) is 9.78 Å². The van der Waals surface area contributed by atoms with Gasteiger partial charge in [-0.05, 0) is 13.0 Å². The third kappa shape index (κ3) is 5.23. The number of nitro benzene ring substituents is 1. The number of anilines is 2. The summed E-state index contributed by atoms with van der Waals surface area (Å²) in [5.41, 5.74) is -0.249. The maximum absolute atomic E-state index is 12.3. The van der Waals surface area contributed by atoms with Gasteiger partial charge in [0, 0.05) is 24.4 Å². The fourth-order valence-corrected chi connectivity index (χ4v) is 2.72. The van der Waals surface area contributed by atoms with Crippen LogP contribution in [0.5, 0.6) is 5.75 Å². The van der Waals surface area contributed by atoms with Gasteiger partial charge in [0.25, 0.3) is 11.6 Å². The van der Waals surface area contributed by atoms with E-state index in [1.54, 1.807) is 0 Å². The molecule has 0 fully saturated rings. The highest BCUT2D eigenvalue weighted by Gasteiger charge is 2.23. The Labute approximate surface area is 162 Å². The lowest BCUT2D eigenvalue weighted by molar-refractivity contribution is -0.384. The molecule has 2 aromatic rings. The number of aromatic nitrogens is 1. The molecule has 1 atom stereocenters. The number of carbonyl (C=O) groups is 3. The number of nitro groups is 1. The Balaban J connectivity index is 2.05. The van der Waals surface area contributed by atoms with Crippen LogP contribution in [0.15, 0.2) is 23.6 Å². The summed E-state index contributed by atoms with van der Waals surface area (Å²) in [5.74, 6) is -1.71. The van der Waals surface area contributed by atoms with E-state index in [4.69, 9.17) is 9.47 Å². The van der Waals surface area contributed by atoms with E-state index in [-0.39, 0.29) is 33.9 Å². The summed E-state index contributed by atoms with van der Waals surface area (Å²) in [4.78, 5) is 49.5. The fourth-order valence-electron chi connectivity index (χ4n) is 1.99. The highest BCUT2D eigenvalue weighted by molar-refractivity contribution is 7.14. The van der Waals surface area contributed by atoms with Gasteiger partial charge < -0.3 is 20.1 Å². The van der Waals surface area contributed by atoms with E-state index < -0.39 is 22.9 Å². The van der Waals surface area contributed by atoms with Gasteiger partial charge in [-0.2, -0.15) is 0 Å². The van der Waals surface area contributed by atoms with Gasteiger partial charge in [-0.1, -0.05) is 0 Å². The molecule has 0 bridgehead atoms. The Morgan fingerprint density at radius 2 is 2.00 bits per heavy atom. The van der Waals surface area contributed by atoms with E-state index in [1.165, 1.54) is 38.5 Å². The molecule has 1 aromatic carbocycles. The second-order valence-electron chi connectivity index (χ2n) is 5.40. The predicted octanol–water partition coefficient (Wildman–Crippen LogP) is 2.20. The molecule has 11 nitrogen and oxygen atoms in total. The standard InChI is InChI=1S/C16H16N4O7S/c1-8(27-15(23)12-7-28-16(19-12)17-9(2)21)14(22)18-11-6-10(20(24)25)4-5-13(11)26-3/h4-8H,1-3H3,(H,18,22)(H,17,19,21). The number of non-ortho nitro benzene ring substituents is 1. The first-order valence-electron chi connectivity index (χ1n) is 7.78. The molecular weight excluding hydrogens is 392 g/mol. The van der Waals surface area contributed by atoms with Crippen LogP contribution >= 0.6 is 11.3 Å². The number of benzene rings is 1. The fraction of sp³-hybridized carbons (Fsp3) is 0.250. The topological polar surface area (TPSA) is 150 Å². The summed E-state index contributed by atoms with van der Waals surface area (Å²) in [7, 11) is 1.34. The second-order valence-corrected chi connectivity index (χ2v) is 6.26. The van der Waals surface area contributed by atoms with Gasteiger partial charge in [0.2, 0.25) is 5.91 Å². The molecule has 0 saturated carbocycles. The van der Waals surface area contributed by atoms with Crippen molar-refractivity contribution < 1.29 is 28.8 Å². The first-order valence-corrected chi connectivity index (χ1v) is 8.66. The van der Waals surface area contributed by atoms with Crippen molar-refractivity contribution in [2.45, 2.75) is 20.0 Å². The van der Waals surface area contributed by atoms with Crippen LogP contribution in [0, 0.1) is 10.1 Å². The summed E-state index contributed by atoms with van der Waals surface area (Å²) in [6.07, 6.45) is -1.22. The van der Waals surface area contributed by atoms with Crippen LogP contribution in [0.4, 0.5) is 16.5 Å². The van der Waals surface area contributed by atoms with Crippen LogP contribution < -0.4 is 15.4 Å². The van der Waals surface area contributed by atoms with Crippen LogP contribution in [0.3, 0.4) is 0 Å². The van der Waals surface area contributed by atoms with E-state index >= 15 is 0 Å². The molecule has 0 aliphatic heterocycles. The summed E-state index contributed by atoms with van der Waals surface area (Å²) in [5, 5.41) is 17.3. The zero-order valence-corrected chi connectivity index (χ0v) is 15.9. The van der Waals surface area contributed by atoms with E-state index in [9.17, 15) is 24.5 Å². The molecule has 2 amide bonds. The number of nitrogens with zero attached hydrogens (tertiary/aromatic N) is 2. The minimum Gasteiger partial charge on any atom is -0.495 e. The van der Waals surface area contributed by atoms with Crippen molar-refractivity contribution >= 4 is 45.6 Å². The van der Waals surface area contributed by atoms with Crippen LogP contribution in [-0.2, 0) is 14.3 Å². The second kappa shape index (κ2) is 8.90. The normalized spacial score (nSPS) is 11.2. The molecule has 0 saturated heterocycles. The zero-order valence-electron chi connectivity index (χ0n) is 15.0. The summed E-state index contributed by atoms with van der Waals surface area (Å²) < 4.78 is 10.1. The molecule has 12 heteroatoms. The summed E-state index contributed by atoms with van der Waals surface area (Å²) >= 11 is 1.03. The van der Waals surface area contributed by atoms with E-state index in [0.717, 1.165) is 17.4 Å². The van der Waals surface area contributed by atoms with Crippen molar-refractivity contribution in [1.29, 1.82) is 0 Å². The number of nitrogens with one attached hydrogen (secondary N) is 2. The Hall–Kier alpha value is -3.54. The van der Waals surface area contributed by atoms with Crippen LogP contribution in [0.25, 0.3) is 0 Å². The van der Waals surface area contributed by atoms with Crippen LogP contribution in [0.1, 0.15) is 24.3 Å². The Kier molecular flexibility index (Phi) is 6.60. The molecule has 28 heavy (non-hydrogen) atoms. The third-order valence-electron chi connectivity index (χ3n) is 3.30. The maximum Gasteiger partial charge on any atom is 0.358 e. The molecule has 0 aliphatic rings. The third-order valence-corrected chi connectivity index (χ3v) is 4.06. The zero-order chi connectivity index (χ0) is 20.8. The summed E-state index contributed by atoms with van der Waals surface area (Å²) in [6, 6.07) is 3.70. The number of hydrogen-bond acceptors (Lipinski definition) is 9. The van der Waals surface area contributed by atoms with Crippen molar-refractivity contribution in [3.8, 4) is 5.75 Å². The van der Waals surface area contributed by atoms with Gasteiger partial charge in [0.15, 0.2) is 16.9 Å². The monoisotopic (exact) mass is 408 g/mol. The Morgan fingerprint density at radius 3 is 2.61 bits per heavy atom. The smallest absolute Gasteiger partial charge is 0.358 e. The average molecular weight is 408 g/mol. The molecule has 0 aliphatic carbocycles. The highest BCUT2D eigenvalue weighted by atomic mass is 32.1. The molecule has 1 heterocycles. The molecule has 148 valence electrons. The first-order chi connectivity index (χ1) is 13.2. The number of methoxy groups -OCH3 is 1. The molecular formula is C16H16N4O7S. The SMILES string of the molecule is COc1ccc([N+](=O)[O-])cc1NC(=O)C(C)OC(=O)c1csc(NC(C)=O)n1. The molecule has 1 aromatic heterocycles. The first kappa shape index (κ1) is 20.8. The number of rotatable bonds is 7. The van der Waals surface area contributed by atoms with E-state index in [0.29, 0.717) is 0 Å². The number of carbonyl (C=O) groups excluding carboxylic acids is 3. The number of esters is 1. The molecule has 0 spiro atoms. The van der Waals surface area contributed by atoms with Gasteiger partial charge in [-0.3, -0.25) is 19.7 Å². The molecule has 2 rings (SSSR count). The van der Waals surface area contributed by atoms with Crippen molar-refractivity contribution in [3.05, 3.63) is 39.4 Å². The molecule has 2 N–H and O–H groups in total. The number of ether oxygens (including phenoxy) is 2. The van der Waals surface area contributed by atoms with E-state index in [2.05, 4.69) is 15.6 Å². The van der Waals surface area contributed by atoms with Crippen molar-refractivity contribution in [2.24, 2.45) is 0 Å². The van der Waals surface area contributed by atoms with E-state index in [1.807, 2.05) is 0 Å².